The first-order valence-corrected chi connectivity index (χ1v) is 6.93. The first-order valence-electron chi connectivity index (χ1n) is 6.93. The van der Waals surface area contributed by atoms with Crippen LogP contribution in [-0.2, 0) is 0 Å². The van der Waals surface area contributed by atoms with Gasteiger partial charge in [0.25, 0.3) is 5.91 Å². The van der Waals surface area contributed by atoms with Crippen molar-refractivity contribution in [3.8, 4) is 0 Å². The maximum atomic E-state index is 11.9. The van der Waals surface area contributed by atoms with E-state index in [1.54, 1.807) is 31.1 Å². The molecule has 0 aliphatic heterocycles. The maximum Gasteiger partial charge on any atom is 0.253 e. The molecule has 2 rings (SSSR count). The zero-order valence-electron chi connectivity index (χ0n) is 11.8. The second-order valence-corrected chi connectivity index (χ2v) is 5.51. The molecule has 0 spiro atoms. The van der Waals surface area contributed by atoms with E-state index in [0.717, 1.165) is 18.2 Å². The minimum Gasteiger partial charge on any atom is -0.397 e. The van der Waals surface area contributed by atoms with Crippen molar-refractivity contribution in [3.05, 3.63) is 23.8 Å². The topological polar surface area (TPSA) is 58.4 Å². The van der Waals surface area contributed by atoms with Crippen LogP contribution in [0.15, 0.2) is 18.2 Å². The SMILES string of the molecule is CN(C)C(=O)c1ccc(N)c(NCCC2CCC2)c1. The van der Waals surface area contributed by atoms with Crippen LogP contribution in [0.25, 0.3) is 0 Å². The minimum atomic E-state index is 0.00189. The predicted molar refractivity (Wildman–Crippen MR) is 79.3 cm³/mol. The Hall–Kier alpha value is -1.71. The molecule has 1 aromatic rings. The highest BCUT2D eigenvalue weighted by Gasteiger charge is 2.16. The Morgan fingerprint density at radius 1 is 1.42 bits per heavy atom. The summed E-state index contributed by atoms with van der Waals surface area (Å²) in [7, 11) is 3.50. The van der Waals surface area contributed by atoms with E-state index in [1.807, 2.05) is 6.07 Å². The van der Waals surface area contributed by atoms with Crippen molar-refractivity contribution < 1.29 is 4.79 Å². The highest BCUT2D eigenvalue weighted by atomic mass is 16.2. The van der Waals surface area contributed by atoms with Crippen molar-refractivity contribution >= 4 is 17.3 Å². The number of hydrogen-bond donors (Lipinski definition) is 2. The summed E-state index contributed by atoms with van der Waals surface area (Å²) < 4.78 is 0. The molecular formula is C15H23N3O. The van der Waals surface area contributed by atoms with Gasteiger partial charge in [0, 0.05) is 26.2 Å². The van der Waals surface area contributed by atoms with Gasteiger partial charge in [0.15, 0.2) is 0 Å². The van der Waals surface area contributed by atoms with Crippen molar-refractivity contribution in [2.75, 3.05) is 31.7 Å². The second-order valence-electron chi connectivity index (χ2n) is 5.51. The number of nitrogens with two attached hydrogens (primary N) is 1. The van der Waals surface area contributed by atoms with Gasteiger partial charge in [-0.1, -0.05) is 19.3 Å². The molecule has 1 amide bonds. The van der Waals surface area contributed by atoms with Crippen LogP contribution in [0.5, 0.6) is 0 Å². The van der Waals surface area contributed by atoms with E-state index in [9.17, 15) is 4.79 Å². The Labute approximate surface area is 115 Å². The molecular weight excluding hydrogens is 238 g/mol. The maximum absolute atomic E-state index is 11.9. The van der Waals surface area contributed by atoms with Gasteiger partial charge in [-0.05, 0) is 30.5 Å². The number of carbonyl (C=O) groups is 1. The number of amides is 1. The fraction of sp³-hybridized carbons (Fsp3) is 0.533. The molecule has 0 aromatic heterocycles. The Kier molecular flexibility index (Phi) is 4.30. The van der Waals surface area contributed by atoms with Gasteiger partial charge in [-0.15, -0.1) is 0 Å². The van der Waals surface area contributed by atoms with E-state index >= 15 is 0 Å². The minimum absolute atomic E-state index is 0.00189. The third-order valence-electron chi connectivity index (χ3n) is 3.80. The zero-order valence-corrected chi connectivity index (χ0v) is 11.8. The van der Waals surface area contributed by atoms with Crippen LogP contribution in [-0.4, -0.2) is 31.4 Å². The van der Waals surface area contributed by atoms with Gasteiger partial charge in [0.2, 0.25) is 0 Å². The fourth-order valence-electron chi connectivity index (χ4n) is 2.29. The molecule has 19 heavy (non-hydrogen) atoms. The lowest BCUT2D eigenvalue weighted by atomic mass is 9.83. The molecule has 4 nitrogen and oxygen atoms in total. The van der Waals surface area contributed by atoms with Crippen molar-refractivity contribution in [1.29, 1.82) is 0 Å². The third-order valence-corrected chi connectivity index (χ3v) is 3.80. The monoisotopic (exact) mass is 261 g/mol. The summed E-state index contributed by atoms with van der Waals surface area (Å²) in [5, 5.41) is 3.35. The molecule has 1 fully saturated rings. The highest BCUT2D eigenvalue weighted by molar-refractivity contribution is 5.95. The first-order chi connectivity index (χ1) is 9.08. The van der Waals surface area contributed by atoms with Gasteiger partial charge in [-0.2, -0.15) is 0 Å². The van der Waals surface area contributed by atoms with E-state index in [1.165, 1.54) is 25.7 Å². The van der Waals surface area contributed by atoms with Gasteiger partial charge in [0.1, 0.15) is 0 Å². The number of nitrogens with one attached hydrogen (secondary N) is 1. The molecule has 0 unspecified atom stereocenters. The normalized spacial score (nSPS) is 14.8. The summed E-state index contributed by atoms with van der Waals surface area (Å²) in [6.07, 6.45) is 5.28. The lowest BCUT2D eigenvalue weighted by Crippen LogP contribution is -2.22. The summed E-state index contributed by atoms with van der Waals surface area (Å²) in [5.74, 6) is 0.877. The van der Waals surface area contributed by atoms with E-state index in [0.29, 0.717) is 11.3 Å². The standard InChI is InChI=1S/C15H23N3O/c1-18(2)15(19)12-6-7-13(16)14(10-12)17-9-8-11-4-3-5-11/h6-7,10-11,17H,3-5,8-9,16H2,1-2H3. The third kappa shape index (κ3) is 3.40. The van der Waals surface area contributed by atoms with Crippen LogP contribution in [0.3, 0.4) is 0 Å². The van der Waals surface area contributed by atoms with Gasteiger partial charge >= 0.3 is 0 Å². The quantitative estimate of drug-likeness (QED) is 0.801. The van der Waals surface area contributed by atoms with E-state index in [2.05, 4.69) is 5.32 Å². The summed E-state index contributed by atoms with van der Waals surface area (Å²) in [6, 6.07) is 5.41. The molecule has 0 bridgehead atoms. The largest absolute Gasteiger partial charge is 0.397 e. The number of nitrogens with zero attached hydrogens (tertiary/aromatic N) is 1. The van der Waals surface area contributed by atoms with Crippen LogP contribution in [0.2, 0.25) is 0 Å². The first kappa shape index (κ1) is 13.7. The van der Waals surface area contributed by atoms with Crippen molar-refractivity contribution in [1.82, 2.24) is 4.90 Å². The van der Waals surface area contributed by atoms with Gasteiger partial charge in [0.05, 0.1) is 11.4 Å². The van der Waals surface area contributed by atoms with Crippen LogP contribution >= 0.6 is 0 Å². The Morgan fingerprint density at radius 2 is 2.16 bits per heavy atom. The lowest BCUT2D eigenvalue weighted by Gasteiger charge is -2.25. The van der Waals surface area contributed by atoms with Crippen LogP contribution < -0.4 is 11.1 Å². The van der Waals surface area contributed by atoms with Crippen molar-refractivity contribution in [2.24, 2.45) is 5.92 Å². The number of hydrogen-bond acceptors (Lipinski definition) is 3. The summed E-state index contributed by atoms with van der Waals surface area (Å²) in [5.41, 5.74) is 8.18. The number of nitrogen functional groups attached to an aromatic ring is 1. The van der Waals surface area contributed by atoms with Crippen LogP contribution in [0, 0.1) is 5.92 Å². The highest BCUT2D eigenvalue weighted by Crippen LogP contribution is 2.29. The Balaban J connectivity index is 1.97. The molecule has 0 atom stereocenters. The second kappa shape index (κ2) is 5.95. The summed E-state index contributed by atoms with van der Waals surface area (Å²) >= 11 is 0. The summed E-state index contributed by atoms with van der Waals surface area (Å²) in [6.45, 7) is 0.925. The molecule has 1 aromatic carbocycles. The molecule has 1 saturated carbocycles. The molecule has 104 valence electrons. The van der Waals surface area contributed by atoms with Gasteiger partial charge < -0.3 is 16.0 Å². The predicted octanol–water partition coefficient (Wildman–Crippen LogP) is 2.57. The van der Waals surface area contributed by atoms with Crippen molar-refractivity contribution in [3.63, 3.8) is 0 Å². The number of rotatable bonds is 5. The van der Waals surface area contributed by atoms with E-state index in [-0.39, 0.29) is 5.91 Å². The molecule has 0 heterocycles. The zero-order chi connectivity index (χ0) is 13.8. The smallest absolute Gasteiger partial charge is 0.253 e. The van der Waals surface area contributed by atoms with E-state index < -0.39 is 0 Å². The van der Waals surface area contributed by atoms with E-state index in [4.69, 9.17) is 5.73 Å². The summed E-state index contributed by atoms with van der Waals surface area (Å²) in [4.78, 5) is 13.5. The molecule has 1 aliphatic carbocycles. The number of carbonyl (C=O) groups excluding carboxylic acids is 1. The Morgan fingerprint density at radius 3 is 2.74 bits per heavy atom. The van der Waals surface area contributed by atoms with Crippen LogP contribution in [0.4, 0.5) is 11.4 Å². The van der Waals surface area contributed by atoms with Crippen LogP contribution in [0.1, 0.15) is 36.0 Å². The number of anilines is 2. The van der Waals surface area contributed by atoms with Gasteiger partial charge in [-0.25, -0.2) is 0 Å². The fourth-order valence-corrected chi connectivity index (χ4v) is 2.29. The van der Waals surface area contributed by atoms with Gasteiger partial charge in [-0.3, -0.25) is 4.79 Å². The molecule has 4 heteroatoms. The lowest BCUT2D eigenvalue weighted by molar-refractivity contribution is 0.0827. The average Bonchev–Trinajstić information content (AvgIpc) is 2.33. The Bertz CT molecular complexity index is 453. The molecule has 1 aliphatic rings. The molecule has 3 N–H and O–H groups in total. The number of benzene rings is 1. The molecule has 0 saturated heterocycles. The van der Waals surface area contributed by atoms with Crippen molar-refractivity contribution in [2.45, 2.75) is 25.7 Å². The average molecular weight is 261 g/mol. The molecule has 0 radical (unpaired) electrons.